The van der Waals surface area contributed by atoms with Crippen LogP contribution in [0.4, 0.5) is 0 Å². The molecule has 1 aliphatic rings. The largest absolute Gasteiger partial charge is 0.457 e. The van der Waals surface area contributed by atoms with Gasteiger partial charge >= 0.3 is 11.8 Å². The van der Waals surface area contributed by atoms with Gasteiger partial charge in [-0.15, -0.1) is 0 Å². The quantitative estimate of drug-likeness (QED) is 0.371. The smallest absolute Gasteiger partial charge is 0.323 e. The van der Waals surface area contributed by atoms with Crippen LogP contribution >= 0.6 is 0 Å². The highest BCUT2D eigenvalue weighted by Gasteiger charge is 2.27. The van der Waals surface area contributed by atoms with Crippen molar-refractivity contribution < 1.29 is 14.3 Å². The molecule has 0 aromatic heterocycles. The van der Waals surface area contributed by atoms with Crippen LogP contribution in [0.25, 0.3) is 0 Å². The maximum atomic E-state index is 11.9. The number of nitrogens with two attached hydrogens (primary N) is 1. The molecule has 1 atom stereocenters. The molecule has 0 saturated carbocycles. The van der Waals surface area contributed by atoms with Crippen LogP contribution in [0.5, 0.6) is 11.5 Å². The lowest BCUT2D eigenvalue weighted by molar-refractivity contribution is -0.147. The number of carbonyl (C=O) groups is 2. The molecule has 7 nitrogen and oxygen atoms in total. The molecule has 142 valence electrons. The van der Waals surface area contributed by atoms with Crippen molar-refractivity contribution in [3.63, 3.8) is 0 Å². The number of piperazine rings is 1. The summed E-state index contributed by atoms with van der Waals surface area (Å²) in [5, 5.41) is 0. The van der Waals surface area contributed by atoms with E-state index >= 15 is 0 Å². The van der Waals surface area contributed by atoms with Crippen molar-refractivity contribution in [1.82, 2.24) is 15.2 Å². The van der Waals surface area contributed by atoms with Crippen molar-refractivity contribution in [3.05, 3.63) is 60.2 Å². The Balaban J connectivity index is 1.56. The minimum absolute atomic E-state index is 0.205. The summed E-state index contributed by atoms with van der Waals surface area (Å²) < 4.78 is 5.83. The molecule has 2 amide bonds. The average Bonchev–Trinajstić information content (AvgIpc) is 2.73. The van der Waals surface area contributed by atoms with Crippen LogP contribution in [0.2, 0.25) is 0 Å². The summed E-state index contributed by atoms with van der Waals surface area (Å²) in [6.07, 6.45) is 0. The van der Waals surface area contributed by atoms with Gasteiger partial charge in [0, 0.05) is 32.2 Å². The van der Waals surface area contributed by atoms with Crippen molar-refractivity contribution in [2.75, 3.05) is 26.2 Å². The lowest BCUT2D eigenvalue weighted by Gasteiger charge is -2.37. The number of nitrogens with one attached hydrogen (secondary N) is 1. The zero-order valence-corrected chi connectivity index (χ0v) is 15.3. The molecule has 0 radical (unpaired) electrons. The van der Waals surface area contributed by atoms with Gasteiger partial charge in [0.25, 0.3) is 0 Å². The maximum Gasteiger partial charge on any atom is 0.323 e. The van der Waals surface area contributed by atoms with Gasteiger partial charge in [-0.2, -0.15) is 0 Å². The number of benzene rings is 2. The van der Waals surface area contributed by atoms with E-state index < -0.39 is 11.8 Å². The number of ether oxygens (including phenoxy) is 1. The number of hydrogen-bond acceptors (Lipinski definition) is 5. The Labute approximate surface area is 158 Å². The number of para-hydroxylation sites is 1. The Kier molecular flexibility index (Phi) is 6.05. The zero-order valence-electron chi connectivity index (χ0n) is 15.3. The van der Waals surface area contributed by atoms with Crippen molar-refractivity contribution >= 4 is 11.8 Å². The predicted molar refractivity (Wildman–Crippen MR) is 102 cm³/mol. The number of hydrazine groups is 1. The molecule has 3 rings (SSSR count). The second-order valence-corrected chi connectivity index (χ2v) is 6.46. The Morgan fingerprint density at radius 3 is 2.15 bits per heavy atom. The standard InChI is InChI=1S/C20H24N4O3/c1-15(23-11-13-24(14-12-23)20(26)19(25)22-21)16-7-9-18(10-8-16)27-17-5-3-2-4-6-17/h2-10,15H,11-14,21H2,1H3,(H,22,25). The summed E-state index contributed by atoms with van der Waals surface area (Å²) in [6, 6.07) is 17.9. The summed E-state index contributed by atoms with van der Waals surface area (Å²) in [7, 11) is 0. The molecule has 1 unspecified atom stereocenters. The van der Waals surface area contributed by atoms with E-state index in [2.05, 4.69) is 24.0 Å². The predicted octanol–water partition coefficient (Wildman–Crippen LogP) is 1.67. The Morgan fingerprint density at radius 1 is 0.963 bits per heavy atom. The average molecular weight is 368 g/mol. The number of rotatable bonds is 4. The van der Waals surface area contributed by atoms with Gasteiger partial charge in [-0.1, -0.05) is 30.3 Å². The third-order valence-electron chi connectivity index (χ3n) is 4.82. The van der Waals surface area contributed by atoms with Crippen LogP contribution in [-0.4, -0.2) is 47.8 Å². The third kappa shape index (κ3) is 4.64. The van der Waals surface area contributed by atoms with Crippen LogP contribution in [0.1, 0.15) is 18.5 Å². The van der Waals surface area contributed by atoms with Crippen molar-refractivity contribution in [2.45, 2.75) is 13.0 Å². The van der Waals surface area contributed by atoms with Crippen LogP contribution in [-0.2, 0) is 9.59 Å². The van der Waals surface area contributed by atoms with Gasteiger partial charge in [-0.05, 0) is 36.8 Å². The minimum atomic E-state index is -0.773. The molecule has 0 spiro atoms. The lowest BCUT2D eigenvalue weighted by Crippen LogP contribution is -2.53. The van der Waals surface area contributed by atoms with Crippen molar-refractivity contribution in [1.29, 1.82) is 0 Å². The molecule has 27 heavy (non-hydrogen) atoms. The molecule has 7 heteroatoms. The summed E-state index contributed by atoms with van der Waals surface area (Å²) in [6.45, 7) is 4.55. The minimum Gasteiger partial charge on any atom is -0.457 e. The fourth-order valence-corrected chi connectivity index (χ4v) is 3.17. The number of amides is 2. The number of hydrogen-bond donors (Lipinski definition) is 2. The number of nitrogens with zero attached hydrogens (tertiary/aromatic N) is 2. The molecular weight excluding hydrogens is 344 g/mol. The van der Waals surface area contributed by atoms with Gasteiger partial charge in [0.05, 0.1) is 0 Å². The van der Waals surface area contributed by atoms with Crippen molar-refractivity contribution in [3.8, 4) is 11.5 Å². The Morgan fingerprint density at radius 2 is 1.56 bits per heavy atom. The highest BCUT2D eigenvalue weighted by Crippen LogP contribution is 2.26. The third-order valence-corrected chi connectivity index (χ3v) is 4.82. The van der Waals surface area contributed by atoms with E-state index in [0.717, 1.165) is 11.5 Å². The van der Waals surface area contributed by atoms with Gasteiger partial charge in [0.1, 0.15) is 11.5 Å². The molecule has 3 N–H and O–H groups in total. The van der Waals surface area contributed by atoms with E-state index in [4.69, 9.17) is 10.6 Å². The van der Waals surface area contributed by atoms with Gasteiger partial charge in [0.2, 0.25) is 0 Å². The van der Waals surface area contributed by atoms with E-state index in [1.165, 1.54) is 10.5 Å². The molecule has 2 aromatic rings. The monoisotopic (exact) mass is 368 g/mol. The van der Waals surface area contributed by atoms with Crippen LogP contribution in [0, 0.1) is 0 Å². The van der Waals surface area contributed by atoms with E-state index in [1.54, 1.807) is 0 Å². The Hall–Kier alpha value is -2.90. The lowest BCUT2D eigenvalue weighted by atomic mass is 10.1. The molecule has 0 aliphatic carbocycles. The zero-order chi connectivity index (χ0) is 19.2. The molecule has 1 fully saturated rings. The van der Waals surface area contributed by atoms with Gasteiger partial charge in [0.15, 0.2) is 0 Å². The molecule has 1 saturated heterocycles. The van der Waals surface area contributed by atoms with Gasteiger partial charge in [-0.3, -0.25) is 19.9 Å². The molecular formula is C20H24N4O3. The molecule has 0 bridgehead atoms. The van der Waals surface area contributed by atoms with E-state index in [1.807, 2.05) is 47.9 Å². The first kappa shape index (κ1) is 18.9. The van der Waals surface area contributed by atoms with Crippen LogP contribution in [0.15, 0.2) is 54.6 Å². The fraction of sp³-hybridized carbons (Fsp3) is 0.300. The SMILES string of the molecule is CC(c1ccc(Oc2ccccc2)cc1)N1CCN(C(=O)C(=O)NN)CC1. The summed E-state index contributed by atoms with van der Waals surface area (Å²) in [5.41, 5.74) is 3.06. The van der Waals surface area contributed by atoms with Crippen molar-refractivity contribution in [2.24, 2.45) is 5.84 Å². The first-order valence-electron chi connectivity index (χ1n) is 8.95. The topological polar surface area (TPSA) is 87.9 Å². The number of carbonyl (C=O) groups excluding carboxylic acids is 2. The highest BCUT2D eigenvalue weighted by molar-refractivity contribution is 6.34. The molecule has 1 heterocycles. The van der Waals surface area contributed by atoms with E-state index in [0.29, 0.717) is 26.2 Å². The maximum absolute atomic E-state index is 11.9. The normalized spacial score (nSPS) is 15.9. The van der Waals surface area contributed by atoms with Gasteiger partial charge in [-0.25, -0.2) is 5.84 Å². The second-order valence-electron chi connectivity index (χ2n) is 6.46. The van der Waals surface area contributed by atoms with E-state index in [-0.39, 0.29) is 6.04 Å². The summed E-state index contributed by atoms with van der Waals surface area (Å²) >= 11 is 0. The first-order valence-corrected chi connectivity index (χ1v) is 8.95. The Bertz CT molecular complexity index is 772. The fourth-order valence-electron chi connectivity index (χ4n) is 3.17. The second kappa shape index (κ2) is 8.66. The van der Waals surface area contributed by atoms with E-state index in [9.17, 15) is 9.59 Å². The molecule has 1 aliphatic heterocycles. The van der Waals surface area contributed by atoms with Crippen LogP contribution < -0.4 is 16.0 Å². The summed E-state index contributed by atoms with van der Waals surface area (Å²) in [5.74, 6) is 5.27. The van der Waals surface area contributed by atoms with Crippen LogP contribution in [0.3, 0.4) is 0 Å². The molecule has 2 aromatic carbocycles. The first-order chi connectivity index (χ1) is 13.1. The summed E-state index contributed by atoms with van der Waals surface area (Å²) in [4.78, 5) is 27.0. The highest BCUT2D eigenvalue weighted by atomic mass is 16.5. The van der Waals surface area contributed by atoms with Gasteiger partial charge < -0.3 is 9.64 Å².